The van der Waals surface area contributed by atoms with Crippen LogP contribution < -0.4 is 10.5 Å². The van der Waals surface area contributed by atoms with Crippen LogP contribution in [0.5, 0.6) is 5.75 Å². The summed E-state index contributed by atoms with van der Waals surface area (Å²) in [7, 11) is 1.77. The van der Waals surface area contributed by atoms with Gasteiger partial charge in [-0.2, -0.15) is 0 Å². The third kappa shape index (κ3) is 6.26. The second-order valence-corrected chi connectivity index (χ2v) is 5.99. The number of nitrogens with two attached hydrogens (primary N) is 1. The maximum Gasteiger partial charge on any atom is 0.222 e. The summed E-state index contributed by atoms with van der Waals surface area (Å²) in [6.07, 6.45) is 1.12. The first-order chi connectivity index (χ1) is 9.29. The van der Waals surface area contributed by atoms with Crippen molar-refractivity contribution in [2.75, 3.05) is 20.2 Å². The molecule has 0 aliphatic rings. The first-order valence-corrected chi connectivity index (χ1v) is 7.07. The van der Waals surface area contributed by atoms with Crippen molar-refractivity contribution in [2.45, 2.75) is 32.2 Å². The lowest BCUT2D eigenvalue weighted by molar-refractivity contribution is -0.130. The zero-order valence-electron chi connectivity index (χ0n) is 12.4. The molecule has 1 aromatic carbocycles. The van der Waals surface area contributed by atoms with Crippen LogP contribution in [0.3, 0.4) is 0 Å². The number of carbonyl (C=O) groups is 1. The number of para-hydroxylation sites is 1. The third-order valence-electron chi connectivity index (χ3n) is 2.93. The second kappa shape index (κ2) is 7.50. The van der Waals surface area contributed by atoms with E-state index in [9.17, 15) is 4.79 Å². The lowest BCUT2D eigenvalue weighted by Gasteiger charge is -2.21. The Labute approximate surface area is 125 Å². The molecule has 0 unspecified atom stereocenters. The lowest BCUT2D eigenvalue weighted by atomic mass is 10.00. The molecule has 5 heteroatoms. The maximum absolute atomic E-state index is 11.9. The first-order valence-electron chi connectivity index (χ1n) is 6.70. The highest BCUT2D eigenvalue weighted by Gasteiger charge is 2.15. The second-order valence-electron chi connectivity index (χ2n) is 5.58. The summed E-state index contributed by atoms with van der Waals surface area (Å²) in [6, 6.07) is 7.29. The maximum atomic E-state index is 11.9. The molecular weight excluding hydrogens is 276 g/mol. The molecule has 2 N–H and O–H groups in total. The van der Waals surface area contributed by atoms with Crippen molar-refractivity contribution in [3.05, 3.63) is 29.3 Å². The van der Waals surface area contributed by atoms with Gasteiger partial charge in [0.15, 0.2) is 0 Å². The molecule has 0 atom stereocenters. The quantitative estimate of drug-likeness (QED) is 0.842. The van der Waals surface area contributed by atoms with Gasteiger partial charge in [-0.15, -0.1) is 0 Å². The largest absolute Gasteiger partial charge is 0.490 e. The van der Waals surface area contributed by atoms with Crippen molar-refractivity contribution in [3.8, 4) is 5.75 Å². The Morgan fingerprint density at radius 2 is 2.05 bits per heavy atom. The molecule has 112 valence electrons. The molecule has 0 saturated heterocycles. The van der Waals surface area contributed by atoms with Crippen LogP contribution in [0.2, 0.25) is 5.02 Å². The van der Waals surface area contributed by atoms with E-state index in [0.29, 0.717) is 36.8 Å². The fraction of sp³-hybridized carbons (Fsp3) is 0.533. The topological polar surface area (TPSA) is 55.6 Å². The van der Waals surface area contributed by atoms with Gasteiger partial charge in [0.25, 0.3) is 0 Å². The minimum Gasteiger partial charge on any atom is -0.490 e. The number of hydrogen-bond acceptors (Lipinski definition) is 3. The minimum atomic E-state index is -0.315. The van der Waals surface area contributed by atoms with Crippen LogP contribution in [-0.4, -0.2) is 36.5 Å². The van der Waals surface area contributed by atoms with Gasteiger partial charge < -0.3 is 15.4 Å². The fourth-order valence-corrected chi connectivity index (χ4v) is 1.79. The SMILES string of the molecule is CN(CCOc1ccccc1Cl)C(=O)CCC(C)(C)N. The van der Waals surface area contributed by atoms with Crippen molar-refractivity contribution in [3.63, 3.8) is 0 Å². The Bertz CT molecular complexity index is 444. The van der Waals surface area contributed by atoms with E-state index >= 15 is 0 Å². The van der Waals surface area contributed by atoms with Gasteiger partial charge >= 0.3 is 0 Å². The molecule has 20 heavy (non-hydrogen) atoms. The predicted molar refractivity (Wildman–Crippen MR) is 82.1 cm³/mol. The van der Waals surface area contributed by atoms with Crippen molar-refractivity contribution in [2.24, 2.45) is 5.73 Å². The molecule has 0 heterocycles. The molecule has 1 amide bonds. The molecule has 0 spiro atoms. The Kier molecular flexibility index (Phi) is 6.30. The Morgan fingerprint density at radius 3 is 2.65 bits per heavy atom. The summed E-state index contributed by atoms with van der Waals surface area (Å²) in [6.45, 7) is 4.77. The highest BCUT2D eigenvalue weighted by Crippen LogP contribution is 2.22. The average Bonchev–Trinajstić information content (AvgIpc) is 2.37. The number of ether oxygens (including phenoxy) is 1. The number of likely N-dealkylation sites (N-methyl/N-ethyl adjacent to an activating group) is 1. The van der Waals surface area contributed by atoms with Gasteiger partial charge in [0.2, 0.25) is 5.91 Å². The molecule has 0 fully saturated rings. The number of nitrogens with zero attached hydrogens (tertiary/aromatic N) is 1. The van der Waals surface area contributed by atoms with Crippen LogP contribution >= 0.6 is 11.6 Å². The Hall–Kier alpha value is -1.26. The Balaban J connectivity index is 2.31. The molecule has 1 aromatic rings. The number of rotatable bonds is 7. The van der Waals surface area contributed by atoms with Crippen LogP contribution in [0, 0.1) is 0 Å². The molecular formula is C15H23ClN2O2. The van der Waals surface area contributed by atoms with E-state index < -0.39 is 0 Å². The normalized spacial score (nSPS) is 11.2. The van der Waals surface area contributed by atoms with Gasteiger partial charge in [-0.25, -0.2) is 0 Å². The van der Waals surface area contributed by atoms with Gasteiger partial charge in [-0.3, -0.25) is 4.79 Å². The van der Waals surface area contributed by atoms with E-state index in [1.807, 2.05) is 26.0 Å². The lowest BCUT2D eigenvalue weighted by Crippen LogP contribution is -2.36. The van der Waals surface area contributed by atoms with Crippen molar-refractivity contribution < 1.29 is 9.53 Å². The summed E-state index contributed by atoms with van der Waals surface area (Å²) in [5, 5.41) is 0.575. The first kappa shape index (κ1) is 16.8. The van der Waals surface area contributed by atoms with E-state index in [2.05, 4.69) is 0 Å². The fourth-order valence-electron chi connectivity index (χ4n) is 1.60. The highest BCUT2D eigenvalue weighted by atomic mass is 35.5. The van der Waals surface area contributed by atoms with Gasteiger partial charge in [0.1, 0.15) is 12.4 Å². The number of benzene rings is 1. The van der Waals surface area contributed by atoms with Crippen LogP contribution in [0.1, 0.15) is 26.7 Å². The zero-order valence-corrected chi connectivity index (χ0v) is 13.1. The monoisotopic (exact) mass is 298 g/mol. The van der Waals surface area contributed by atoms with Gasteiger partial charge in [0.05, 0.1) is 11.6 Å². The molecule has 0 saturated carbocycles. The number of hydrogen-bond donors (Lipinski definition) is 1. The van der Waals surface area contributed by atoms with E-state index in [1.165, 1.54) is 0 Å². The minimum absolute atomic E-state index is 0.0753. The van der Waals surface area contributed by atoms with Gasteiger partial charge in [0, 0.05) is 19.0 Å². The molecule has 4 nitrogen and oxygen atoms in total. The van der Waals surface area contributed by atoms with Gasteiger partial charge in [-0.1, -0.05) is 23.7 Å². The van der Waals surface area contributed by atoms with Crippen LogP contribution in [-0.2, 0) is 4.79 Å². The summed E-state index contributed by atoms with van der Waals surface area (Å²) >= 11 is 5.98. The molecule has 0 bridgehead atoms. The zero-order chi connectivity index (χ0) is 15.2. The molecule has 0 aliphatic heterocycles. The number of amides is 1. The smallest absolute Gasteiger partial charge is 0.222 e. The van der Waals surface area contributed by atoms with Gasteiger partial charge in [-0.05, 0) is 32.4 Å². The number of carbonyl (C=O) groups excluding carboxylic acids is 1. The van der Waals surface area contributed by atoms with E-state index in [1.54, 1.807) is 24.1 Å². The number of halogens is 1. The van der Waals surface area contributed by atoms with Crippen molar-refractivity contribution in [1.29, 1.82) is 0 Å². The average molecular weight is 299 g/mol. The van der Waals surface area contributed by atoms with E-state index in [-0.39, 0.29) is 11.4 Å². The van der Waals surface area contributed by atoms with Crippen LogP contribution in [0.25, 0.3) is 0 Å². The van der Waals surface area contributed by atoms with Crippen LogP contribution in [0.4, 0.5) is 0 Å². The summed E-state index contributed by atoms with van der Waals surface area (Å²) in [5.41, 5.74) is 5.55. The molecule has 0 aromatic heterocycles. The molecule has 0 radical (unpaired) electrons. The third-order valence-corrected chi connectivity index (χ3v) is 3.24. The molecule has 0 aliphatic carbocycles. The Morgan fingerprint density at radius 1 is 1.40 bits per heavy atom. The van der Waals surface area contributed by atoms with E-state index in [4.69, 9.17) is 22.1 Å². The van der Waals surface area contributed by atoms with Crippen molar-refractivity contribution in [1.82, 2.24) is 4.90 Å². The highest BCUT2D eigenvalue weighted by molar-refractivity contribution is 6.32. The van der Waals surface area contributed by atoms with Crippen molar-refractivity contribution >= 4 is 17.5 Å². The predicted octanol–water partition coefficient (Wildman–Crippen LogP) is 2.69. The molecule has 1 rings (SSSR count). The standard InChI is InChI=1S/C15H23ClN2O2/c1-15(2,17)9-8-14(19)18(3)10-11-20-13-7-5-4-6-12(13)16/h4-7H,8-11,17H2,1-3H3. The van der Waals surface area contributed by atoms with E-state index in [0.717, 1.165) is 0 Å². The van der Waals surface area contributed by atoms with Crippen LogP contribution in [0.15, 0.2) is 24.3 Å². The summed E-state index contributed by atoms with van der Waals surface area (Å²) in [5.74, 6) is 0.712. The summed E-state index contributed by atoms with van der Waals surface area (Å²) in [4.78, 5) is 13.5. The summed E-state index contributed by atoms with van der Waals surface area (Å²) < 4.78 is 5.55.